The van der Waals surface area contributed by atoms with Crippen molar-refractivity contribution in [2.24, 2.45) is 0 Å². The summed E-state index contributed by atoms with van der Waals surface area (Å²) in [7, 11) is -2.48. The molecule has 2 aromatic carbocycles. The van der Waals surface area contributed by atoms with E-state index >= 15 is 0 Å². The van der Waals surface area contributed by atoms with E-state index in [1.54, 1.807) is 42.5 Å². The van der Waals surface area contributed by atoms with E-state index in [4.69, 9.17) is 16.3 Å². The first-order valence-corrected chi connectivity index (χ1v) is 13.3. The number of thiophene rings is 1. The maximum atomic E-state index is 13.1. The molecule has 0 bridgehead atoms. The number of pyridine rings is 1. The molecule has 2 aromatic heterocycles. The molecule has 2 heterocycles. The molecule has 0 saturated carbocycles. The number of hydrogen-bond donors (Lipinski definition) is 0. The number of rotatable bonds is 7. The van der Waals surface area contributed by atoms with Gasteiger partial charge in [-0.05, 0) is 42.8 Å². The van der Waals surface area contributed by atoms with Crippen molar-refractivity contribution >= 4 is 55.3 Å². The van der Waals surface area contributed by atoms with Gasteiger partial charge in [-0.2, -0.15) is 0 Å². The second-order valence-electron chi connectivity index (χ2n) is 7.96. The van der Waals surface area contributed by atoms with Gasteiger partial charge in [0.15, 0.2) is 15.6 Å². The third-order valence-corrected chi connectivity index (χ3v) is 8.89. The van der Waals surface area contributed by atoms with Gasteiger partial charge in [-0.25, -0.2) is 13.2 Å². The number of nitrogens with zero attached hydrogens (tertiary/aromatic N) is 1. The number of esters is 1. The van der Waals surface area contributed by atoms with Crippen molar-refractivity contribution in [2.45, 2.75) is 17.6 Å². The molecule has 0 aliphatic carbocycles. The van der Waals surface area contributed by atoms with Gasteiger partial charge in [-0.1, -0.05) is 41.4 Å². The SMILES string of the molecule is COC(=O)c1cn(-c2ccc(CC(=O)CS(=O)(=O)c3ccc(Cl)s3)cc2)c(=O)c2ccc(C)cc12. The molecule has 0 amide bonds. The highest BCUT2D eigenvalue weighted by atomic mass is 35.5. The molecular formula is C25H20ClNO6S2. The molecule has 0 fully saturated rings. The largest absolute Gasteiger partial charge is 0.465 e. The van der Waals surface area contributed by atoms with Crippen LogP contribution in [0.15, 0.2) is 69.8 Å². The van der Waals surface area contributed by atoms with Crippen LogP contribution in [0.1, 0.15) is 21.5 Å². The number of aromatic nitrogens is 1. The Kier molecular flexibility index (Phi) is 6.93. The molecule has 0 aliphatic heterocycles. The number of carbonyl (C=O) groups excluding carboxylic acids is 2. The summed E-state index contributed by atoms with van der Waals surface area (Å²) in [5.74, 6) is -1.66. The van der Waals surface area contributed by atoms with Crippen LogP contribution in [-0.2, 0) is 25.8 Å². The molecule has 0 atom stereocenters. The fraction of sp³-hybridized carbons (Fsp3) is 0.160. The second-order valence-corrected chi connectivity index (χ2v) is 11.9. The summed E-state index contributed by atoms with van der Waals surface area (Å²) >= 11 is 6.71. The number of benzene rings is 2. The number of aryl methyl sites for hydroxylation is 1. The number of methoxy groups -OCH3 is 1. The fourth-order valence-corrected chi connectivity index (χ4v) is 6.53. The lowest BCUT2D eigenvalue weighted by molar-refractivity contribution is -0.116. The lowest BCUT2D eigenvalue weighted by atomic mass is 10.0. The molecular weight excluding hydrogens is 510 g/mol. The standard InChI is InChI=1S/C25H20ClNO6S2/c1-15-3-8-19-20(11-15)21(25(30)33-2)13-27(24(19)29)17-6-4-16(5-7-17)12-18(28)14-35(31,32)23-10-9-22(26)34-23/h3-11,13H,12,14H2,1-2H3. The van der Waals surface area contributed by atoms with E-state index in [9.17, 15) is 22.8 Å². The Bertz CT molecular complexity index is 1620. The van der Waals surface area contributed by atoms with Crippen molar-refractivity contribution in [1.82, 2.24) is 4.57 Å². The molecule has 0 N–H and O–H groups in total. The minimum atomic E-state index is -3.76. The Morgan fingerprint density at radius 1 is 1.03 bits per heavy atom. The van der Waals surface area contributed by atoms with E-state index in [2.05, 4.69) is 0 Å². The summed E-state index contributed by atoms with van der Waals surface area (Å²) in [6.07, 6.45) is 1.35. The van der Waals surface area contributed by atoms with Crippen LogP contribution in [-0.4, -0.2) is 37.6 Å². The van der Waals surface area contributed by atoms with Crippen molar-refractivity contribution in [1.29, 1.82) is 0 Å². The number of carbonyl (C=O) groups is 2. The molecule has 4 aromatic rings. The van der Waals surface area contributed by atoms with Gasteiger partial charge in [0.25, 0.3) is 5.56 Å². The quantitative estimate of drug-likeness (QED) is 0.329. The number of hydrogen-bond acceptors (Lipinski definition) is 7. The smallest absolute Gasteiger partial charge is 0.340 e. The summed E-state index contributed by atoms with van der Waals surface area (Å²) < 4.78 is 31.5. The van der Waals surface area contributed by atoms with E-state index in [1.165, 1.54) is 30.0 Å². The third-order valence-electron chi connectivity index (χ3n) is 5.40. The van der Waals surface area contributed by atoms with Crippen LogP contribution in [0.4, 0.5) is 0 Å². The molecule has 35 heavy (non-hydrogen) atoms. The predicted molar refractivity (Wildman–Crippen MR) is 136 cm³/mol. The van der Waals surface area contributed by atoms with Gasteiger partial charge in [0.2, 0.25) is 0 Å². The Morgan fingerprint density at radius 3 is 2.37 bits per heavy atom. The Labute approximate surface area is 210 Å². The highest BCUT2D eigenvalue weighted by molar-refractivity contribution is 7.94. The van der Waals surface area contributed by atoms with Crippen molar-refractivity contribution in [3.63, 3.8) is 0 Å². The molecule has 4 rings (SSSR count). The Balaban J connectivity index is 1.61. The monoisotopic (exact) mass is 529 g/mol. The molecule has 0 saturated heterocycles. The summed E-state index contributed by atoms with van der Waals surface area (Å²) in [6.45, 7) is 1.87. The van der Waals surface area contributed by atoms with E-state index < -0.39 is 27.3 Å². The van der Waals surface area contributed by atoms with Crippen LogP contribution in [0.5, 0.6) is 0 Å². The average molecular weight is 530 g/mol. The van der Waals surface area contributed by atoms with Crippen molar-refractivity contribution in [3.8, 4) is 5.69 Å². The zero-order valence-electron chi connectivity index (χ0n) is 18.8. The van der Waals surface area contributed by atoms with Gasteiger partial charge in [0.1, 0.15) is 9.96 Å². The molecule has 180 valence electrons. The average Bonchev–Trinajstić information content (AvgIpc) is 3.26. The van der Waals surface area contributed by atoms with Gasteiger partial charge < -0.3 is 4.74 Å². The van der Waals surface area contributed by atoms with E-state index in [1.807, 2.05) is 6.92 Å². The maximum Gasteiger partial charge on any atom is 0.340 e. The Hall–Kier alpha value is -3.27. The van der Waals surface area contributed by atoms with Crippen LogP contribution in [0.25, 0.3) is 16.5 Å². The molecule has 10 heteroatoms. The number of sulfone groups is 1. The summed E-state index contributed by atoms with van der Waals surface area (Å²) in [4.78, 5) is 38.0. The van der Waals surface area contributed by atoms with E-state index in [0.29, 0.717) is 26.4 Å². The first-order valence-electron chi connectivity index (χ1n) is 10.4. The van der Waals surface area contributed by atoms with Crippen molar-refractivity contribution < 1.29 is 22.7 Å². The number of fused-ring (bicyclic) bond motifs is 1. The van der Waals surface area contributed by atoms with Crippen LogP contribution >= 0.6 is 22.9 Å². The molecule has 0 unspecified atom stereocenters. The first-order chi connectivity index (χ1) is 16.6. The van der Waals surface area contributed by atoms with Gasteiger partial charge >= 0.3 is 5.97 Å². The number of Topliss-reactive ketones (excluding diaryl/α,β-unsaturated/α-hetero) is 1. The number of halogens is 1. The lowest BCUT2D eigenvalue weighted by Gasteiger charge is -2.12. The predicted octanol–water partition coefficient (Wildman–Crippen LogP) is 4.39. The van der Waals surface area contributed by atoms with Gasteiger partial charge in [0.05, 0.1) is 17.0 Å². The maximum absolute atomic E-state index is 13.1. The third kappa shape index (κ3) is 5.22. The summed E-state index contributed by atoms with van der Waals surface area (Å²) in [5, 5.41) is 0.880. The fourth-order valence-electron chi connectivity index (χ4n) is 3.72. The number of ketones is 1. The lowest BCUT2D eigenvalue weighted by Crippen LogP contribution is -2.21. The van der Waals surface area contributed by atoms with Gasteiger partial charge in [0, 0.05) is 29.1 Å². The minimum absolute atomic E-state index is 0.0541. The van der Waals surface area contributed by atoms with Crippen molar-refractivity contribution in [3.05, 3.63) is 92.2 Å². The van der Waals surface area contributed by atoms with Gasteiger partial charge in [-0.15, -0.1) is 11.3 Å². The first kappa shape index (κ1) is 24.8. The molecule has 0 spiro atoms. The highest BCUT2D eigenvalue weighted by Gasteiger charge is 2.22. The van der Waals surface area contributed by atoms with E-state index in [-0.39, 0.29) is 21.8 Å². The van der Waals surface area contributed by atoms with Crippen LogP contribution in [0.3, 0.4) is 0 Å². The summed E-state index contributed by atoms with van der Waals surface area (Å²) in [5.41, 5.74) is 1.93. The minimum Gasteiger partial charge on any atom is -0.465 e. The topological polar surface area (TPSA) is 99.5 Å². The molecule has 0 aliphatic rings. The van der Waals surface area contributed by atoms with E-state index in [0.717, 1.165) is 16.9 Å². The van der Waals surface area contributed by atoms with Crippen molar-refractivity contribution in [2.75, 3.05) is 12.9 Å². The van der Waals surface area contributed by atoms with Gasteiger partial charge in [-0.3, -0.25) is 14.2 Å². The second kappa shape index (κ2) is 9.77. The normalized spacial score (nSPS) is 11.5. The summed E-state index contributed by atoms with van der Waals surface area (Å²) in [6, 6.07) is 14.7. The Morgan fingerprint density at radius 2 is 1.74 bits per heavy atom. The highest BCUT2D eigenvalue weighted by Crippen LogP contribution is 2.26. The van der Waals surface area contributed by atoms with Crippen LogP contribution in [0, 0.1) is 6.92 Å². The molecule has 7 nitrogen and oxygen atoms in total. The molecule has 0 radical (unpaired) electrons. The van der Waals surface area contributed by atoms with Crippen LogP contribution in [0.2, 0.25) is 4.34 Å². The number of ether oxygens (including phenoxy) is 1. The zero-order valence-corrected chi connectivity index (χ0v) is 21.2. The zero-order chi connectivity index (χ0) is 25.3. The van der Waals surface area contributed by atoms with Crippen LogP contribution < -0.4 is 5.56 Å².